The highest BCUT2D eigenvalue weighted by molar-refractivity contribution is 7.89. The zero-order valence-electron chi connectivity index (χ0n) is 11.5. The highest BCUT2D eigenvalue weighted by atomic mass is 35.5. The molecule has 2 rings (SSSR count). The Morgan fingerprint density at radius 1 is 1.27 bits per heavy atom. The number of halogens is 2. The van der Waals surface area contributed by atoms with E-state index in [4.69, 9.17) is 16.3 Å². The van der Waals surface area contributed by atoms with Crippen LogP contribution in [0.15, 0.2) is 52.5 Å². The number of nitrogens with zero attached hydrogens (tertiary/aromatic N) is 1. The fraction of sp³-hybridized carbons (Fsp3) is 0.0714. The molecule has 0 saturated carbocycles. The second-order valence-corrected chi connectivity index (χ2v) is 6.27. The van der Waals surface area contributed by atoms with E-state index in [1.54, 1.807) is 6.07 Å². The zero-order valence-corrected chi connectivity index (χ0v) is 13.0. The summed E-state index contributed by atoms with van der Waals surface area (Å²) >= 11 is 5.80. The van der Waals surface area contributed by atoms with Crippen molar-refractivity contribution < 1.29 is 17.5 Å². The van der Waals surface area contributed by atoms with Gasteiger partial charge in [-0.2, -0.15) is 18.4 Å². The van der Waals surface area contributed by atoms with Gasteiger partial charge in [-0.15, -0.1) is 0 Å². The Morgan fingerprint density at radius 2 is 2.05 bits per heavy atom. The number of nitrogens with one attached hydrogen (secondary N) is 1. The van der Waals surface area contributed by atoms with Crippen molar-refractivity contribution in [1.29, 1.82) is 0 Å². The van der Waals surface area contributed by atoms with Crippen molar-refractivity contribution in [3.05, 3.63) is 58.9 Å². The number of ether oxygens (including phenoxy) is 1. The molecule has 0 fully saturated rings. The van der Waals surface area contributed by atoms with Gasteiger partial charge >= 0.3 is 0 Å². The van der Waals surface area contributed by atoms with Crippen molar-refractivity contribution >= 4 is 27.8 Å². The van der Waals surface area contributed by atoms with Gasteiger partial charge in [-0.25, -0.2) is 4.39 Å². The molecule has 0 bridgehead atoms. The smallest absolute Gasteiger partial charge is 0.280 e. The summed E-state index contributed by atoms with van der Waals surface area (Å²) in [6.07, 6.45) is 1.19. The quantitative estimate of drug-likeness (QED) is 0.671. The van der Waals surface area contributed by atoms with E-state index in [0.717, 1.165) is 0 Å². The fourth-order valence-corrected chi connectivity index (χ4v) is 2.89. The van der Waals surface area contributed by atoms with Crippen molar-refractivity contribution in [2.45, 2.75) is 4.90 Å². The number of hydrogen-bond acceptors (Lipinski definition) is 4. The molecular weight excluding hydrogens is 331 g/mol. The molecule has 0 aliphatic rings. The maximum Gasteiger partial charge on any atom is 0.280 e. The van der Waals surface area contributed by atoms with E-state index >= 15 is 0 Å². The molecule has 0 aliphatic heterocycles. The lowest BCUT2D eigenvalue weighted by atomic mass is 10.2. The van der Waals surface area contributed by atoms with Crippen LogP contribution in [-0.2, 0) is 10.0 Å². The topological polar surface area (TPSA) is 67.8 Å². The first kappa shape index (κ1) is 16.3. The van der Waals surface area contributed by atoms with Crippen LogP contribution in [0.4, 0.5) is 4.39 Å². The van der Waals surface area contributed by atoms with Gasteiger partial charge in [0.05, 0.1) is 13.3 Å². The molecule has 0 unspecified atom stereocenters. The molecule has 0 aliphatic carbocycles. The van der Waals surface area contributed by atoms with Crippen LogP contribution < -0.4 is 9.57 Å². The minimum atomic E-state index is -3.96. The SMILES string of the molecule is COc1ccc(Cl)cc1S(=O)(=O)N/N=C/c1cccc(F)c1. The van der Waals surface area contributed by atoms with Crippen molar-refractivity contribution in [3.8, 4) is 5.75 Å². The first-order valence-corrected chi connectivity index (χ1v) is 7.92. The van der Waals surface area contributed by atoms with Gasteiger partial charge in [0.2, 0.25) is 0 Å². The van der Waals surface area contributed by atoms with Crippen LogP contribution in [0.3, 0.4) is 0 Å². The molecule has 0 atom stereocenters. The maximum atomic E-state index is 13.0. The summed E-state index contributed by atoms with van der Waals surface area (Å²) in [4.78, 5) is 1.89. The number of hydrogen-bond donors (Lipinski definition) is 1. The van der Waals surface area contributed by atoms with Gasteiger partial charge in [0.25, 0.3) is 10.0 Å². The monoisotopic (exact) mass is 342 g/mol. The lowest BCUT2D eigenvalue weighted by Gasteiger charge is -2.09. The third-order valence-electron chi connectivity index (χ3n) is 2.65. The summed E-state index contributed by atoms with van der Waals surface area (Å²) in [6.45, 7) is 0. The molecule has 0 aromatic heterocycles. The third-order valence-corrected chi connectivity index (χ3v) is 4.13. The van der Waals surface area contributed by atoms with Gasteiger partial charge in [0.15, 0.2) is 0 Å². The first-order valence-electron chi connectivity index (χ1n) is 6.06. The Hall–Kier alpha value is -2.12. The maximum absolute atomic E-state index is 13.0. The summed E-state index contributed by atoms with van der Waals surface area (Å²) in [5.74, 6) is -0.304. The van der Waals surface area contributed by atoms with E-state index in [0.29, 0.717) is 5.56 Å². The lowest BCUT2D eigenvalue weighted by Crippen LogP contribution is -2.19. The van der Waals surface area contributed by atoms with Gasteiger partial charge < -0.3 is 4.74 Å². The second kappa shape index (κ2) is 6.76. The van der Waals surface area contributed by atoms with E-state index < -0.39 is 15.8 Å². The largest absolute Gasteiger partial charge is 0.495 e. The van der Waals surface area contributed by atoms with Gasteiger partial charge in [0, 0.05) is 5.02 Å². The van der Waals surface area contributed by atoms with E-state index in [1.165, 1.54) is 49.7 Å². The molecule has 0 radical (unpaired) electrons. The van der Waals surface area contributed by atoms with Crippen LogP contribution in [0.2, 0.25) is 5.02 Å². The molecule has 1 N–H and O–H groups in total. The fourth-order valence-electron chi connectivity index (χ4n) is 1.67. The number of methoxy groups -OCH3 is 1. The summed E-state index contributed by atoms with van der Waals surface area (Å²) < 4.78 is 42.4. The first-order chi connectivity index (χ1) is 10.4. The van der Waals surface area contributed by atoms with E-state index in [9.17, 15) is 12.8 Å². The molecule has 0 saturated heterocycles. The van der Waals surface area contributed by atoms with Gasteiger partial charge in [0.1, 0.15) is 16.5 Å². The summed E-state index contributed by atoms with van der Waals surface area (Å²) in [5, 5.41) is 3.85. The lowest BCUT2D eigenvalue weighted by molar-refractivity contribution is 0.402. The molecular formula is C14H12ClFN2O3S. The van der Waals surface area contributed by atoms with Crippen molar-refractivity contribution in [2.24, 2.45) is 5.10 Å². The third kappa shape index (κ3) is 3.96. The van der Waals surface area contributed by atoms with E-state index in [-0.39, 0.29) is 15.7 Å². The molecule has 0 spiro atoms. The van der Waals surface area contributed by atoms with Crippen molar-refractivity contribution in [2.75, 3.05) is 7.11 Å². The average Bonchev–Trinajstić information content (AvgIpc) is 2.47. The van der Waals surface area contributed by atoms with Gasteiger partial charge in [-0.1, -0.05) is 23.7 Å². The predicted octanol–water partition coefficient (Wildman–Crippen LogP) is 2.80. The highest BCUT2D eigenvalue weighted by Gasteiger charge is 2.19. The summed E-state index contributed by atoms with van der Waals surface area (Å²) in [7, 11) is -2.61. The molecule has 22 heavy (non-hydrogen) atoms. The van der Waals surface area contributed by atoms with Crippen molar-refractivity contribution in [3.63, 3.8) is 0 Å². The molecule has 0 heterocycles. The Labute approximate surface area is 132 Å². The Balaban J connectivity index is 2.23. The number of hydrazone groups is 1. The van der Waals surface area contributed by atoms with E-state index in [1.807, 2.05) is 4.83 Å². The molecule has 2 aromatic rings. The van der Waals surface area contributed by atoms with Crippen LogP contribution in [-0.4, -0.2) is 21.7 Å². The molecule has 8 heteroatoms. The summed E-state index contributed by atoms with van der Waals surface area (Å²) in [5.41, 5.74) is 0.417. The second-order valence-electron chi connectivity index (χ2n) is 4.20. The molecule has 0 amide bonds. The summed E-state index contributed by atoms with van der Waals surface area (Å²) in [6, 6.07) is 9.77. The molecule has 5 nitrogen and oxygen atoms in total. The van der Waals surface area contributed by atoms with Gasteiger partial charge in [-0.05, 0) is 35.9 Å². The van der Waals surface area contributed by atoms with E-state index in [2.05, 4.69) is 5.10 Å². The minimum absolute atomic E-state index is 0.137. The highest BCUT2D eigenvalue weighted by Crippen LogP contribution is 2.26. The van der Waals surface area contributed by atoms with Crippen LogP contribution in [0.1, 0.15) is 5.56 Å². The Morgan fingerprint density at radius 3 is 2.73 bits per heavy atom. The van der Waals surface area contributed by atoms with Crippen molar-refractivity contribution in [1.82, 2.24) is 4.83 Å². The van der Waals surface area contributed by atoms with Crippen LogP contribution >= 0.6 is 11.6 Å². The average molecular weight is 343 g/mol. The Bertz CT molecular complexity index is 809. The molecule has 2 aromatic carbocycles. The van der Waals surface area contributed by atoms with Crippen LogP contribution in [0.25, 0.3) is 0 Å². The van der Waals surface area contributed by atoms with Crippen LogP contribution in [0.5, 0.6) is 5.75 Å². The van der Waals surface area contributed by atoms with Gasteiger partial charge in [-0.3, -0.25) is 0 Å². The predicted molar refractivity (Wildman–Crippen MR) is 82.3 cm³/mol. The number of rotatable bonds is 5. The zero-order chi connectivity index (χ0) is 16.2. The molecule has 116 valence electrons. The number of benzene rings is 2. The Kier molecular flexibility index (Phi) is 4.99. The minimum Gasteiger partial charge on any atom is -0.495 e. The normalized spacial score (nSPS) is 11.6. The number of sulfonamides is 1. The standard InChI is InChI=1S/C14H12ClFN2O3S/c1-21-13-6-5-11(15)8-14(13)22(19,20)18-17-9-10-3-2-4-12(16)7-10/h2-9,18H,1H3/b17-9+. The van der Waals surface area contributed by atoms with Crippen LogP contribution in [0, 0.1) is 5.82 Å².